The molecular weight excluding hydrogens is 535 g/mol. The molecule has 0 spiro atoms. The van der Waals surface area contributed by atoms with Crippen LogP contribution in [0.25, 0.3) is 0 Å². The first kappa shape index (κ1) is 26.9. The van der Waals surface area contributed by atoms with Crippen molar-refractivity contribution in [1.29, 1.82) is 0 Å². The summed E-state index contributed by atoms with van der Waals surface area (Å²) in [6, 6.07) is 14.5. The molecule has 0 amide bonds. The van der Waals surface area contributed by atoms with E-state index in [9.17, 15) is 18.0 Å². The van der Waals surface area contributed by atoms with Gasteiger partial charge in [-0.05, 0) is 36.1 Å². The maximum atomic E-state index is 13.3. The largest absolute Gasteiger partial charge is 0.417 e. The van der Waals surface area contributed by atoms with Crippen molar-refractivity contribution in [2.24, 2.45) is 0 Å². The van der Waals surface area contributed by atoms with Crippen molar-refractivity contribution in [2.75, 3.05) is 36.4 Å². The summed E-state index contributed by atoms with van der Waals surface area (Å²) in [5.41, 5.74) is 0.543. The highest BCUT2D eigenvalue weighted by Gasteiger charge is 2.34. The van der Waals surface area contributed by atoms with Crippen LogP contribution in [0.1, 0.15) is 51.7 Å². The van der Waals surface area contributed by atoms with Crippen molar-refractivity contribution < 1.29 is 22.4 Å². The van der Waals surface area contributed by atoms with Crippen LogP contribution in [0.5, 0.6) is 0 Å². The first-order chi connectivity index (χ1) is 19.8. The smallest absolute Gasteiger partial charge is 0.408 e. The summed E-state index contributed by atoms with van der Waals surface area (Å²) in [4.78, 5) is 26.1. The topological polar surface area (TPSA) is 100 Å². The molecule has 41 heavy (non-hydrogen) atoms. The van der Waals surface area contributed by atoms with E-state index in [1.807, 2.05) is 24.3 Å². The first-order valence-corrected chi connectivity index (χ1v) is 13.5. The Morgan fingerprint density at radius 2 is 1.68 bits per heavy atom. The molecule has 12 heteroatoms. The molecule has 1 saturated carbocycles. The molecule has 3 heterocycles. The second-order valence-corrected chi connectivity index (χ2v) is 10.3. The zero-order chi connectivity index (χ0) is 28.4. The van der Waals surface area contributed by atoms with Crippen LogP contribution in [0.3, 0.4) is 0 Å². The number of carbonyl (C=O) groups is 1. The number of benzene rings is 2. The molecule has 1 aliphatic carbocycles. The molecule has 0 bridgehead atoms. The van der Waals surface area contributed by atoms with Gasteiger partial charge in [0, 0.05) is 56.8 Å². The van der Waals surface area contributed by atoms with Gasteiger partial charge in [-0.2, -0.15) is 18.2 Å². The fourth-order valence-electron chi connectivity index (χ4n) is 4.84. The van der Waals surface area contributed by atoms with Crippen LogP contribution in [0.4, 0.5) is 31.0 Å². The molecular formula is C29H28F3N7O2. The molecule has 6 rings (SSSR count). The van der Waals surface area contributed by atoms with E-state index in [2.05, 4.69) is 35.3 Å². The monoisotopic (exact) mass is 563 g/mol. The van der Waals surface area contributed by atoms with Crippen LogP contribution < -0.4 is 10.2 Å². The third-order valence-electron chi connectivity index (χ3n) is 7.23. The maximum absolute atomic E-state index is 13.3. The number of alkyl halides is 3. The van der Waals surface area contributed by atoms with E-state index in [-0.39, 0.29) is 12.0 Å². The van der Waals surface area contributed by atoms with E-state index >= 15 is 0 Å². The SMILES string of the molecule is O=C(Cc1ccc(CN2CCN(c3nccc(Nc4nnc(C5CC5)o4)n3)CC2)cc1)c1ccccc1C(F)(F)F. The van der Waals surface area contributed by atoms with Crippen LogP contribution in [0.2, 0.25) is 0 Å². The van der Waals surface area contributed by atoms with Crippen LogP contribution in [-0.4, -0.2) is 57.0 Å². The number of carbonyl (C=O) groups excluding carboxylic acids is 1. The Morgan fingerprint density at radius 3 is 2.41 bits per heavy atom. The van der Waals surface area contributed by atoms with Crippen molar-refractivity contribution in [3.05, 3.63) is 88.9 Å². The number of Topliss-reactive ketones (excluding diaryl/α,β-unsaturated/α-hetero) is 1. The fraction of sp³-hybridized carbons (Fsp3) is 0.345. The lowest BCUT2D eigenvalue weighted by Crippen LogP contribution is -2.46. The normalized spacial score (nSPS) is 16.1. The molecule has 0 atom stereocenters. The van der Waals surface area contributed by atoms with Crippen LogP contribution in [-0.2, 0) is 19.1 Å². The number of nitrogens with zero attached hydrogens (tertiary/aromatic N) is 6. The highest BCUT2D eigenvalue weighted by Crippen LogP contribution is 2.39. The Balaban J connectivity index is 1.00. The van der Waals surface area contributed by atoms with Gasteiger partial charge in [-0.1, -0.05) is 47.6 Å². The lowest BCUT2D eigenvalue weighted by Gasteiger charge is -2.34. The quantitative estimate of drug-likeness (QED) is 0.274. The van der Waals surface area contributed by atoms with Crippen molar-refractivity contribution in [3.8, 4) is 0 Å². The summed E-state index contributed by atoms with van der Waals surface area (Å²) in [6.45, 7) is 3.85. The number of halogens is 3. The summed E-state index contributed by atoms with van der Waals surface area (Å²) in [5, 5.41) is 11.2. The zero-order valence-electron chi connectivity index (χ0n) is 22.1. The third kappa shape index (κ3) is 6.54. The fourth-order valence-corrected chi connectivity index (χ4v) is 4.84. The molecule has 2 aromatic carbocycles. The zero-order valence-corrected chi connectivity index (χ0v) is 22.1. The van der Waals surface area contributed by atoms with Gasteiger partial charge in [0.1, 0.15) is 5.82 Å². The van der Waals surface area contributed by atoms with E-state index < -0.39 is 17.5 Å². The Morgan fingerprint density at radius 1 is 0.951 bits per heavy atom. The van der Waals surface area contributed by atoms with Gasteiger partial charge in [-0.25, -0.2) is 4.98 Å². The maximum Gasteiger partial charge on any atom is 0.417 e. The molecule has 4 aromatic rings. The number of nitrogens with one attached hydrogen (secondary N) is 1. The molecule has 2 aromatic heterocycles. The molecule has 1 saturated heterocycles. The summed E-state index contributed by atoms with van der Waals surface area (Å²) in [5.74, 6) is 1.70. The van der Waals surface area contributed by atoms with E-state index in [1.165, 1.54) is 18.2 Å². The summed E-state index contributed by atoms with van der Waals surface area (Å²) >= 11 is 0. The minimum Gasteiger partial charge on any atom is -0.408 e. The molecule has 2 aliphatic rings. The highest BCUT2D eigenvalue weighted by atomic mass is 19.4. The van der Waals surface area contributed by atoms with Gasteiger partial charge in [-0.15, -0.1) is 5.10 Å². The first-order valence-electron chi connectivity index (χ1n) is 13.5. The Bertz CT molecular complexity index is 1510. The van der Waals surface area contributed by atoms with E-state index in [0.717, 1.165) is 57.2 Å². The number of ketones is 1. The van der Waals surface area contributed by atoms with Crippen LogP contribution >= 0.6 is 0 Å². The number of anilines is 3. The minimum absolute atomic E-state index is 0.0891. The van der Waals surface area contributed by atoms with Gasteiger partial charge in [0.2, 0.25) is 11.8 Å². The minimum atomic E-state index is -4.57. The lowest BCUT2D eigenvalue weighted by molar-refractivity contribution is -0.137. The number of hydrogen-bond donors (Lipinski definition) is 1. The van der Waals surface area contributed by atoms with E-state index in [0.29, 0.717) is 35.2 Å². The van der Waals surface area contributed by atoms with Crippen molar-refractivity contribution in [3.63, 3.8) is 0 Å². The molecule has 9 nitrogen and oxygen atoms in total. The van der Waals surface area contributed by atoms with E-state index in [1.54, 1.807) is 12.3 Å². The average molecular weight is 564 g/mol. The van der Waals surface area contributed by atoms with Gasteiger partial charge in [0.05, 0.1) is 5.56 Å². The van der Waals surface area contributed by atoms with E-state index in [4.69, 9.17) is 4.42 Å². The summed E-state index contributed by atoms with van der Waals surface area (Å²) in [7, 11) is 0. The molecule has 0 radical (unpaired) electrons. The second-order valence-electron chi connectivity index (χ2n) is 10.3. The molecule has 0 unspecified atom stereocenters. The highest BCUT2D eigenvalue weighted by molar-refractivity contribution is 5.99. The van der Waals surface area contributed by atoms with Crippen molar-refractivity contribution in [1.82, 2.24) is 25.1 Å². The second kappa shape index (κ2) is 11.3. The Labute approximate surface area is 234 Å². The third-order valence-corrected chi connectivity index (χ3v) is 7.23. The predicted octanol–water partition coefficient (Wildman–Crippen LogP) is 5.25. The van der Waals surface area contributed by atoms with Gasteiger partial charge in [0.15, 0.2) is 5.78 Å². The van der Waals surface area contributed by atoms with Crippen LogP contribution in [0.15, 0.2) is 65.2 Å². The summed E-state index contributed by atoms with van der Waals surface area (Å²) in [6.07, 6.45) is -0.791. The number of piperazine rings is 1. The number of hydrogen-bond acceptors (Lipinski definition) is 9. The van der Waals surface area contributed by atoms with Gasteiger partial charge < -0.3 is 9.32 Å². The molecule has 1 aliphatic heterocycles. The lowest BCUT2D eigenvalue weighted by atomic mass is 9.97. The number of rotatable bonds is 9. The Hall–Kier alpha value is -4.32. The standard InChI is InChI=1S/C29H28F3N7O2/c30-29(31,32)23-4-2-1-3-22(23)24(40)17-19-5-7-20(8-6-19)18-38-13-15-39(16-14-38)27-33-12-11-25(34-27)35-28-37-36-26(41-28)21-9-10-21/h1-8,11-12,21H,9-10,13-18H2,(H,33,34,35,37). The van der Waals surface area contributed by atoms with Gasteiger partial charge >= 0.3 is 12.2 Å². The van der Waals surface area contributed by atoms with Crippen LogP contribution in [0, 0.1) is 0 Å². The predicted molar refractivity (Wildman–Crippen MR) is 145 cm³/mol. The molecule has 212 valence electrons. The molecule has 2 fully saturated rings. The van der Waals surface area contributed by atoms with Crippen molar-refractivity contribution >= 4 is 23.6 Å². The number of aromatic nitrogens is 4. The average Bonchev–Trinajstić information content (AvgIpc) is 3.72. The van der Waals surface area contributed by atoms with Gasteiger partial charge in [0.25, 0.3) is 0 Å². The van der Waals surface area contributed by atoms with Gasteiger partial charge in [-0.3, -0.25) is 15.0 Å². The molecule has 1 N–H and O–H groups in total. The van der Waals surface area contributed by atoms with Crippen molar-refractivity contribution in [2.45, 2.75) is 37.9 Å². The summed E-state index contributed by atoms with van der Waals surface area (Å²) < 4.78 is 45.5. The Kier molecular flexibility index (Phi) is 7.39.